The summed E-state index contributed by atoms with van der Waals surface area (Å²) in [5.74, 6) is 1.30. The Morgan fingerprint density at radius 2 is 1.57 bits per heavy atom. The van der Waals surface area contributed by atoms with Crippen molar-refractivity contribution in [2.45, 2.75) is 57.4 Å². The fourth-order valence-electron chi connectivity index (χ4n) is 4.08. The van der Waals surface area contributed by atoms with E-state index in [1.165, 1.54) is 25.7 Å². The Morgan fingerprint density at radius 3 is 2.17 bits per heavy atom. The van der Waals surface area contributed by atoms with Gasteiger partial charge < -0.3 is 15.1 Å². The maximum Gasteiger partial charge on any atom is 0.239 e. The van der Waals surface area contributed by atoms with Gasteiger partial charge in [0, 0.05) is 32.6 Å². The molecule has 3 fully saturated rings. The third-order valence-electron chi connectivity index (χ3n) is 5.54. The minimum atomic E-state index is 0. The van der Waals surface area contributed by atoms with Crippen molar-refractivity contribution in [3.63, 3.8) is 0 Å². The number of amides is 2. The monoisotopic (exact) mass is 343 g/mol. The molecule has 5 nitrogen and oxygen atoms in total. The number of carbonyl (C=O) groups excluding carboxylic acids is 2. The lowest BCUT2D eigenvalue weighted by atomic mass is 10.0. The van der Waals surface area contributed by atoms with E-state index in [0.29, 0.717) is 32.6 Å². The molecule has 6 heteroatoms. The maximum atomic E-state index is 12.3. The average Bonchev–Trinajstić information content (AvgIpc) is 3.25. The summed E-state index contributed by atoms with van der Waals surface area (Å²) in [5, 5.41) is 3.27. The van der Waals surface area contributed by atoms with Crippen LogP contribution in [0.2, 0.25) is 0 Å². The highest BCUT2D eigenvalue weighted by atomic mass is 35.5. The zero-order valence-electron chi connectivity index (χ0n) is 14.0. The summed E-state index contributed by atoms with van der Waals surface area (Å²) in [6.07, 6.45) is 9.11. The SMILES string of the molecule is Cl.O=C(CCC1CCCC1)N1CCN(C(=O)C2CCCN2)CC1. The molecule has 1 aliphatic carbocycles. The van der Waals surface area contributed by atoms with Gasteiger partial charge >= 0.3 is 0 Å². The quantitative estimate of drug-likeness (QED) is 0.847. The molecule has 2 saturated heterocycles. The topological polar surface area (TPSA) is 52.7 Å². The first-order valence-corrected chi connectivity index (χ1v) is 9.04. The molecule has 0 aromatic rings. The van der Waals surface area contributed by atoms with Gasteiger partial charge in [-0.05, 0) is 31.7 Å². The van der Waals surface area contributed by atoms with E-state index in [1.54, 1.807) is 0 Å². The highest BCUT2D eigenvalue weighted by molar-refractivity contribution is 5.85. The first-order chi connectivity index (χ1) is 10.7. The summed E-state index contributed by atoms with van der Waals surface area (Å²) in [4.78, 5) is 28.5. The molecule has 0 aromatic heterocycles. The van der Waals surface area contributed by atoms with Gasteiger partial charge in [0.15, 0.2) is 0 Å². The molecule has 0 aromatic carbocycles. The summed E-state index contributed by atoms with van der Waals surface area (Å²) in [7, 11) is 0. The number of rotatable bonds is 4. The van der Waals surface area contributed by atoms with Crippen LogP contribution in [0.4, 0.5) is 0 Å². The number of hydrogen-bond acceptors (Lipinski definition) is 3. The van der Waals surface area contributed by atoms with E-state index < -0.39 is 0 Å². The van der Waals surface area contributed by atoms with E-state index >= 15 is 0 Å². The number of halogens is 1. The second kappa shape index (κ2) is 8.88. The van der Waals surface area contributed by atoms with Crippen LogP contribution in [0.25, 0.3) is 0 Å². The van der Waals surface area contributed by atoms with Gasteiger partial charge in [-0.1, -0.05) is 25.7 Å². The molecule has 1 saturated carbocycles. The smallest absolute Gasteiger partial charge is 0.239 e. The summed E-state index contributed by atoms with van der Waals surface area (Å²) in [5.41, 5.74) is 0. The van der Waals surface area contributed by atoms with E-state index in [0.717, 1.165) is 31.7 Å². The van der Waals surface area contributed by atoms with Crippen LogP contribution in [0.3, 0.4) is 0 Å². The summed E-state index contributed by atoms with van der Waals surface area (Å²) in [6, 6.07) is 0.0182. The second-order valence-corrected chi connectivity index (χ2v) is 7.04. The standard InChI is InChI=1S/C17H29N3O2.ClH/c21-16(8-7-14-4-1-2-5-14)19-10-12-20(13-11-19)17(22)15-6-3-9-18-15;/h14-15,18H,1-13H2;1H. The van der Waals surface area contributed by atoms with Crippen molar-refractivity contribution in [1.29, 1.82) is 0 Å². The first kappa shape index (κ1) is 18.5. The Labute approximate surface area is 145 Å². The zero-order valence-corrected chi connectivity index (χ0v) is 14.8. The molecular formula is C17H30ClN3O2. The van der Waals surface area contributed by atoms with E-state index in [9.17, 15) is 9.59 Å². The third kappa shape index (κ3) is 4.83. The predicted octanol–water partition coefficient (Wildman–Crippen LogP) is 1.80. The summed E-state index contributed by atoms with van der Waals surface area (Å²) in [6.45, 7) is 3.78. The fraction of sp³-hybridized carbons (Fsp3) is 0.882. The van der Waals surface area contributed by atoms with Crippen LogP contribution in [-0.4, -0.2) is 60.4 Å². The van der Waals surface area contributed by atoms with Crippen LogP contribution in [0.5, 0.6) is 0 Å². The molecular weight excluding hydrogens is 314 g/mol. The fourth-order valence-corrected chi connectivity index (χ4v) is 4.08. The number of hydrogen-bond donors (Lipinski definition) is 1. The van der Waals surface area contributed by atoms with Gasteiger partial charge in [0.05, 0.1) is 6.04 Å². The highest BCUT2D eigenvalue weighted by Crippen LogP contribution is 2.28. The van der Waals surface area contributed by atoms with Gasteiger partial charge in [-0.25, -0.2) is 0 Å². The Balaban J connectivity index is 0.00000192. The van der Waals surface area contributed by atoms with Crippen LogP contribution in [0.1, 0.15) is 51.4 Å². The molecule has 2 heterocycles. The van der Waals surface area contributed by atoms with Crippen molar-refractivity contribution in [3.8, 4) is 0 Å². The molecule has 0 radical (unpaired) electrons. The molecule has 2 amide bonds. The van der Waals surface area contributed by atoms with Crippen molar-refractivity contribution in [1.82, 2.24) is 15.1 Å². The van der Waals surface area contributed by atoms with Gasteiger partial charge in [0.1, 0.15) is 0 Å². The molecule has 132 valence electrons. The average molecular weight is 344 g/mol. The molecule has 3 aliphatic rings. The van der Waals surface area contributed by atoms with Gasteiger partial charge in [-0.2, -0.15) is 0 Å². The maximum absolute atomic E-state index is 12.3. The minimum absolute atomic E-state index is 0. The van der Waals surface area contributed by atoms with Crippen molar-refractivity contribution < 1.29 is 9.59 Å². The number of piperazine rings is 1. The molecule has 23 heavy (non-hydrogen) atoms. The second-order valence-electron chi connectivity index (χ2n) is 7.04. The number of nitrogens with zero attached hydrogens (tertiary/aromatic N) is 2. The molecule has 1 N–H and O–H groups in total. The van der Waals surface area contributed by atoms with E-state index in [-0.39, 0.29) is 30.3 Å². The summed E-state index contributed by atoms with van der Waals surface area (Å²) < 4.78 is 0. The van der Waals surface area contributed by atoms with E-state index in [2.05, 4.69) is 5.32 Å². The van der Waals surface area contributed by atoms with Crippen LogP contribution >= 0.6 is 12.4 Å². The molecule has 1 atom stereocenters. The largest absolute Gasteiger partial charge is 0.339 e. The number of nitrogens with one attached hydrogen (secondary N) is 1. The van der Waals surface area contributed by atoms with E-state index in [1.807, 2.05) is 9.80 Å². The zero-order chi connectivity index (χ0) is 15.4. The third-order valence-corrected chi connectivity index (χ3v) is 5.54. The van der Waals surface area contributed by atoms with E-state index in [4.69, 9.17) is 0 Å². The van der Waals surface area contributed by atoms with Crippen molar-refractivity contribution in [2.24, 2.45) is 5.92 Å². The Morgan fingerprint density at radius 1 is 0.913 bits per heavy atom. The lowest BCUT2D eigenvalue weighted by Crippen LogP contribution is -2.54. The minimum Gasteiger partial charge on any atom is -0.339 e. The Bertz CT molecular complexity index is 399. The van der Waals surface area contributed by atoms with Crippen molar-refractivity contribution in [3.05, 3.63) is 0 Å². The number of carbonyl (C=O) groups is 2. The first-order valence-electron chi connectivity index (χ1n) is 9.04. The highest BCUT2D eigenvalue weighted by Gasteiger charge is 2.30. The normalized spacial score (nSPS) is 25.5. The molecule has 2 aliphatic heterocycles. The molecule has 3 rings (SSSR count). The molecule has 0 bridgehead atoms. The van der Waals surface area contributed by atoms with Gasteiger partial charge in [-0.15, -0.1) is 12.4 Å². The predicted molar refractivity (Wildman–Crippen MR) is 92.6 cm³/mol. The van der Waals surface area contributed by atoms with Gasteiger partial charge in [-0.3, -0.25) is 9.59 Å². The molecule has 1 unspecified atom stereocenters. The molecule has 0 spiro atoms. The van der Waals surface area contributed by atoms with Crippen LogP contribution in [0, 0.1) is 5.92 Å². The summed E-state index contributed by atoms with van der Waals surface area (Å²) >= 11 is 0. The van der Waals surface area contributed by atoms with Crippen LogP contribution in [0.15, 0.2) is 0 Å². The van der Waals surface area contributed by atoms with Crippen molar-refractivity contribution in [2.75, 3.05) is 32.7 Å². The Hall–Kier alpha value is -0.810. The van der Waals surface area contributed by atoms with Crippen molar-refractivity contribution >= 4 is 24.2 Å². The Kier molecular flexibility index (Phi) is 7.15. The lowest BCUT2D eigenvalue weighted by Gasteiger charge is -2.36. The lowest BCUT2D eigenvalue weighted by molar-refractivity contribution is -0.140. The van der Waals surface area contributed by atoms with Crippen LogP contribution in [-0.2, 0) is 9.59 Å². The van der Waals surface area contributed by atoms with Gasteiger partial charge in [0.25, 0.3) is 0 Å². The van der Waals surface area contributed by atoms with Crippen LogP contribution < -0.4 is 5.32 Å². The van der Waals surface area contributed by atoms with Gasteiger partial charge in [0.2, 0.25) is 11.8 Å².